The van der Waals surface area contributed by atoms with Crippen LogP contribution in [-0.2, 0) is 20.9 Å². The van der Waals surface area contributed by atoms with Gasteiger partial charge in [0, 0.05) is 5.69 Å². The molecule has 3 nitrogen and oxygen atoms in total. The lowest BCUT2D eigenvalue weighted by Gasteiger charge is -2.26. The maximum atomic E-state index is 12.9. The molecule has 0 heterocycles. The van der Waals surface area contributed by atoms with Crippen molar-refractivity contribution in [1.82, 2.24) is 0 Å². The van der Waals surface area contributed by atoms with Crippen molar-refractivity contribution in [3.63, 3.8) is 0 Å². The molecule has 26 heavy (non-hydrogen) atoms. The normalized spacial score (nSPS) is 12.9. The topological polar surface area (TPSA) is 46.2 Å². The second kappa shape index (κ2) is 7.06. The molecule has 0 unspecified atom stereocenters. The van der Waals surface area contributed by atoms with Crippen LogP contribution in [0.1, 0.15) is 52.7 Å². The minimum absolute atomic E-state index is 0.0908. The zero-order valence-corrected chi connectivity index (χ0v) is 18.3. The molecule has 0 aliphatic carbocycles. The summed E-state index contributed by atoms with van der Waals surface area (Å²) in [4.78, 5) is -0.109. The average molecular weight is 414 g/mol. The summed E-state index contributed by atoms with van der Waals surface area (Å²) in [6, 6.07) is 10.5. The summed E-state index contributed by atoms with van der Waals surface area (Å²) in [5.74, 6) is 0. The van der Waals surface area contributed by atoms with Crippen LogP contribution in [0.15, 0.2) is 41.3 Å². The average Bonchev–Trinajstić information content (AvgIpc) is 2.44. The van der Waals surface area contributed by atoms with E-state index in [1.165, 1.54) is 12.1 Å². The molecule has 0 fully saturated rings. The molecular formula is C20H25Cl2NO2S. The van der Waals surface area contributed by atoms with Gasteiger partial charge >= 0.3 is 0 Å². The fraction of sp³-hybridized carbons (Fsp3) is 0.400. The Kier molecular flexibility index (Phi) is 5.73. The van der Waals surface area contributed by atoms with Crippen LogP contribution in [0, 0.1) is 0 Å². The molecule has 0 bridgehead atoms. The smallest absolute Gasteiger partial charge is 0.264 e. The molecule has 6 heteroatoms. The molecule has 2 aromatic carbocycles. The van der Waals surface area contributed by atoms with E-state index in [1.807, 2.05) is 12.1 Å². The van der Waals surface area contributed by atoms with Crippen molar-refractivity contribution in [2.45, 2.75) is 57.3 Å². The van der Waals surface area contributed by atoms with Gasteiger partial charge in [0.25, 0.3) is 10.0 Å². The summed E-state index contributed by atoms with van der Waals surface area (Å²) in [7, 11) is -3.91. The van der Waals surface area contributed by atoms with Crippen LogP contribution in [0.25, 0.3) is 0 Å². The Morgan fingerprint density at radius 3 is 1.62 bits per heavy atom. The highest BCUT2D eigenvalue weighted by Crippen LogP contribution is 2.34. The van der Waals surface area contributed by atoms with Crippen LogP contribution >= 0.6 is 23.2 Å². The van der Waals surface area contributed by atoms with E-state index >= 15 is 0 Å². The first-order valence-electron chi connectivity index (χ1n) is 8.35. The van der Waals surface area contributed by atoms with Crippen molar-refractivity contribution in [2.75, 3.05) is 4.72 Å². The quantitative estimate of drug-likeness (QED) is 0.633. The standard InChI is InChI=1S/C20H25Cl2NO2S/c1-19(2,3)13-10-14(20(4,5)6)12-15(11-13)23-26(24,25)18-16(21)8-7-9-17(18)22/h7-12,23H,1-6H3. The minimum Gasteiger partial charge on any atom is -0.280 e. The summed E-state index contributed by atoms with van der Waals surface area (Å²) in [6.45, 7) is 12.6. The first-order valence-corrected chi connectivity index (χ1v) is 10.6. The lowest BCUT2D eigenvalue weighted by molar-refractivity contribution is 0.568. The third-order valence-corrected chi connectivity index (χ3v) is 6.44. The van der Waals surface area contributed by atoms with Gasteiger partial charge in [-0.15, -0.1) is 0 Å². The van der Waals surface area contributed by atoms with Crippen LogP contribution < -0.4 is 4.72 Å². The highest BCUT2D eigenvalue weighted by atomic mass is 35.5. The third kappa shape index (κ3) is 4.73. The van der Waals surface area contributed by atoms with Crippen LogP contribution in [0.4, 0.5) is 5.69 Å². The molecule has 1 N–H and O–H groups in total. The molecule has 0 aliphatic rings. The predicted octanol–water partition coefficient (Wildman–Crippen LogP) is 6.39. The molecule has 0 aliphatic heterocycles. The summed E-state index contributed by atoms with van der Waals surface area (Å²) in [5.41, 5.74) is 2.35. The van der Waals surface area contributed by atoms with Gasteiger partial charge in [0.15, 0.2) is 0 Å². The fourth-order valence-corrected chi connectivity index (χ4v) is 4.68. The summed E-state index contributed by atoms with van der Waals surface area (Å²) in [5, 5.41) is 0.182. The number of hydrogen-bond donors (Lipinski definition) is 1. The van der Waals surface area contributed by atoms with Gasteiger partial charge < -0.3 is 0 Å². The molecule has 0 spiro atoms. The van der Waals surface area contributed by atoms with Crippen LogP contribution in [0.3, 0.4) is 0 Å². The fourth-order valence-electron chi connectivity index (χ4n) is 2.50. The molecule has 0 atom stereocenters. The highest BCUT2D eigenvalue weighted by molar-refractivity contribution is 7.93. The molecule has 2 rings (SSSR count). The molecule has 0 aromatic heterocycles. The van der Waals surface area contributed by atoms with E-state index in [4.69, 9.17) is 23.2 Å². The maximum absolute atomic E-state index is 12.9. The summed E-state index contributed by atoms with van der Waals surface area (Å²) >= 11 is 12.2. The van der Waals surface area contributed by atoms with Crippen LogP contribution in [-0.4, -0.2) is 8.42 Å². The molecule has 2 aromatic rings. The van der Waals surface area contributed by atoms with E-state index in [0.29, 0.717) is 5.69 Å². The van der Waals surface area contributed by atoms with E-state index in [1.54, 1.807) is 6.07 Å². The first-order chi connectivity index (χ1) is 11.7. The van der Waals surface area contributed by atoms with Crippen molar-refractivity contribution >= 4 is 38.9 Å². The molecule has 142 valence electrons. The minimum atomic E-state index is -3.91. The zero-order chi connectivity index (χ0) is 19.9. The van der Waals surface area contributed by atoms with E-state index in [9.17, 15) is 8.42 Å². The molecule has 0 radical (unpaired) electrons. The molecule has 0 amide bonds. The maximum Gasteiger partial charge on any atom is 0.264 e. The summed E-state index contributed by atoms with van der Waals surface area (Å²) in [6.07, 6.45) is 0. The molecule has 0 saturated carbocycles. The number of anilines is 1. The Morgan fingerprint density at radius 1 is 0.808 bits per heavy atom. The van der Waals surface area contributed by atoms with Gasteiger partial charge in [-0.25, -0.2) is 8.42 Å². The van der Waals surface area contributed by atoms with Gasteiger partial charge in [-0.2, -0.15) is 0 Å². The lowest BCUT2D eigenvalue weighted by Crippen LogP contribution is -2.19. The zero-order valence-electron chi connectivity index (χ0n) is 15.9. The predicted molar refractivity (Wildman–Crippen MR) is 111 cm³/mol. The van der Waals surface area contributed by atoms with Gasteiger partial charge in [0.2, 0.25) is 0 Å². The van der Waals surface area contributed by atoms with Crippen molar-refractivity contribution in [1.29, 1.82) is 0 Å². The molecule has 0 saturated heterocycles. The second-order valence-corrected chi connectivity index (χ2v) is 10.9. The van der Waals surface area contributed by atoms with Gasteiger partial charge in [-0.05, 0) is 46.2 Å². The summed E-state index contributed by atoms with van der Waals surface area (Å²) < 4.78 is 28.4. The monoisotopic (exact) mass is 413 g/mol. The number of nitrogens with one attached hydrogen (secondary N) is 1. The largest absolute Gasteiger partial charge is 0.280 e. The van der Waals surface area contributed by atoms with E-state index in [0.717, 1.165) is 11.1 Å². The second-order valence-electron chi connectivity index (χ2n) is 8.46. The number of rotatable bonds is 3. The Hall–Kier alpha value is -1.23. The van der Waals surface area contributed by atoms with Crippen molar-refractivity contribution in [3.8, 4) is 0 Å². The third-order valence-electron chi connectivity index (χ3n) is 4.10. The van der Waals surface area contributed by atoms with Crippen molar-refractivity contribution in [3.05, 3.63) is 57.6 Å². The van der Waals surface area contributed by atoms with E-state index in [2.05, 4.69) is 52.3 Å². The van der Waals surface area contributed by atoms with Crippen LogP contribution in [0.5, 0.6) is 0 Å². The Bertz CT molecular complexity index is 871. The van der Waals surface area contributed by atoms with Gasteiger partial charge in [0.05, 0.1) is 10.0 Å². The lowest BCUT2D eigenvalue weighted by atomic mass is 9.80. The number of sulfonamides is 1. The number of benzene rings is 2. The van der Waals surface area contributed by atoms with Crippen LogP contribution in [0.2, 0.25) is 10.0 Å². The Labute approximate surface area is 166 Å². The van der Waals surface area contributed by atoms with E-state index < -0.39 is 10.0 Å². The van der Waals surface area contributed by atoms with Gasteiger partial charge in [-0.1, -0.05) is 76.9 Å². The molecular weight excluding hydrogens is 389 g/mol. The van der Waals surface area contributed by atoms with Crippen molar-refractivity contribution < 1.29 is 8.42 Å². The van der Waals surface area contributed by atoms with Gasteiger partial charge in [-0.3, -0.25) is 4.72 Å². The number of halogens is 2. The Morgan fingerprint density at radius 2 is 1.23 bits per heavy atom. The number of hydrogen-bond acceptors (Lipinski definition) is 2. The first kappa shape index (κ1) is 21.1. The van der Waals surface area contributed by atoms with Crippen molar-refractivity contribution in [2.24, 2.45) is 0 Å². The SMILES string of the molecule is CC(C)(C)c1cc(NS(=O)(=O)c2c(Cl)cccc2Cl)cc(C(C)(C)C)c1. The Balaban J connectivity index is 2.58. The van der Waals surface area contributed by atoms with Gasteiger partial charge in [0.1, 0.15) is 4.90 Å². The highest BCUT2D eigenvalue weighted by Gasteiger charge is 2.25. The van der Waals surface area contributed by atoms with E-state index in [-0.39, 0.29) is 25.8 Å².